The molecule has 38 heavy (non-hydrogen) atoms. The van der Waals surface area contributed by atoms with Gasteiger partial charge in [-0.3, -0.25) is 18.6 Å². The molecule has 1 aromatic heterocycles. The number of aliphatic hydroxyl groups excluding tert-OH is 1. The molecule has 1 unspecified atom stereocenters. The largest absolute Gasteiger partial charge is 0.530 e. The second-order valence-corrected chi connectivity index (χ2v) is 10.1. The van der Waals surface area contributed by atoms with Gasteiger partial charge in [0.1, 0.15) is 24.3 Å². The minimum absolute atomic E-state index is 0.113. The van der Waals surface area contributed by atoms with Gasteiger partial charge in [-0.2, -0.15) is 4.98 Å². The Morgan fingerprint density at radius 1 is 1.32 bits per heavy atom. The van der Waals surface area contributed by atoms with Crippen molar-refractivity contribution in [1.29, 1.82) is 0 Å². The summed E-state index contributed by atoms with van der Waals surface area (Å²) in [6, 6.07) is 7.92. The molecular weight excluding hydrogens is 523 g/mol. The highest BCUT2D eigenvalue weighted by molar-refractivity contribution is 7.49. The van der Waals surface area contributed by atoms with Gasteiger partial charge in [0.25, 0.3) is 0 Å². The van der Waals surface area contributed by atoms with E-state index in [1.54, 1.807) is 32.0 Å². The van der Waals surface area contributed by atoms with E-state index in [1.807, 2.05) is 4.98 Å². The summed E-state index contributed by atoms with van der Waals surface area (Å²) in [5, 5.41) is 11.0. The maximum absolute atomic E-state index is 13.6. The van der Waals surface area contributed by atoms with Crippen molar-refractivity contribution in [1.82, 2.24) is 14.5 Å². The van der Waals surface area contributed by atoms with Crippen LogP contribution >= 0.6 is 7.82 Å². The van der Waals surface area contributed by atoms with Crippen LogP contribution in [0.5, 0.6) is 5.75 Å². The summed E-state index contributed by atoms with van der Waals surface area (Å²) in [5.74, 6) is 4.50. The first kappa shape index (κ1) is 29.2. The van der Waals surface area contributed by atoms with Crippen molar-refractivity contribution < 1.29 is 37.5 Å². The van der Waals surface area contributed by atoms with Crippen LogP contribution in [0.3, 0.4) is 0 Å². The number of benzene rings is 1. The van der Waals surface area contributed by atoms with Gasteiger partial charge in [0, 0.05) is 0 Å². The van der Waals surface area contributed by atoms with E-state index in [2.05, 4.69) is 16.8 Å². The number of rotatable bonds is 10. The predicted octanol–water partition coefficient (Wildman–Crippen LogP) is 0.471. The fourth-order valence-electron chi connectivity index (χ4n) is 3.53. The number of hydrogen-bond donors (Lipinski definition) is 3. The number of nitrogens with zero attached hydrogens (tertiary/aromatic N) is 2. The number of carbonyl (C=O) groups excluding carboxylic acids is 1. The van der Waals surface area contributed by atoms with Crippen LogP contribution in [0.25, 0.3) is 0 Å². The second kappa shape index (κ2) is 12.0. The van der Waals surface area contributed by atoms with Gasteiger partial charge in [0.15, 0.2) is 17.9 Å². The molecule has 4 N–H and O–H groups in total. The van der Waals surface area contributed by atoms with Crippen LogP contribution in [0.15, 0.2) is 46.2 Å². The molecule has 206 valence electrons. The van der Waals surface area contributed by atoms with Crippen molar-refractivity contribution in [2.24, 2.45) is 5.73 Å². The van der Waals surface area contributed by atoms with E-state index in [4.69, 9.17) is 28.8 Å². The molecule has 1 fully saturated rings. The van der Waals surface area contributed by atoms with Crippen LogP contribution in [-0.2, 0) is 27.9 Å². The minimum atomic E-state index is -4.54. The molecule has 0 spiro atoms. The van der Waals surface area contributed by atoms with Crippen LogP contribution in [0.2, 0.25) is 0 Å². The standard InChI is InChI=1S/C23H29N4O10P/c1-5-11-23(24)18(28)17(35-20(23)27-13-25-21(30)26-22(27)31)12-33-38(32,37-16-9-7-6-8-10-16)36-15(4)19(29)34-14(2)3/h6-10,13-15,17-18,20,28H,12,24H2,1-4H3,(H,26,30,31)/t15-,17+,18-,20+,23?,38-/m0/s1. The quantitative estimate of drug-likeness (QED) is 0.210. The number of carbonyl (C=O) groups is 1. The molecule has 1 saturated heterocycles. The highest BCUT2D eigenvalue weighted by atomic mass is 31.2. The number of phosphoric ester groups is 1. The summed E-state index contributed by atoms with van der Waals surface area (Å²) in [4.78, 5) is 41.5. The van der Waals surface area contributed by atoms with Gasteiger partial charge < -0.3 is 24.8 Å². The summed E-state index contributed by atoms with van der Waals surface area (Å²) in [6.45, 7) is 5.42. The van der Waals surface area contributed by atoms with Crippen LogP contribution in [0.4, 0.5) is 0 Å². The Morgan fingerprint density at radius 2 is 2.00 bits per heavy atom. The third-order valence-corrected chi connectivity index (χ3v) is 6.70. The van der Waals surface area contributed by atoms with E-state index in [-0.39, 0.29) is 5.75 Å². The molecule has 15 heteroatoms. The van der Waals surface area contributed by atoms with Gasteiger partial charge in [-0.25, -0.2) is 18.9 Å². The number of nitrogens with one attached hydrogen (secondary N) is 1. The van der Waals surface area contributed by atoms with E-state index in [0.29, 0.717) is 0 Å². The van der Waals surface area contributed by atoms with E-state index < -0.39 is 68.0 Å². The molecule has 6 atom stereocenters. The van der Waals surface area contributed by atoms with E-state index in [1.165, 1.54) is 26.0 Å². The molecule has 0 saturated carbocycles. The van der Waals surface area contributed by atoms with Gasteiger partial charge in [0.2, 0.25) is 0 Å². The molecule has 2 heterocycles. The van der Waals surface area contributed by atoms with Crippen molar-refractivity contribution in [2.45, 2.75) is 63.9 Å². The third kappa shape index (κ3) is 6.76. The first-order valence-electron chi connectivity index (χ1n) is 11.5. The number of aliphatic hydroxyl groups is 1. The highest BCUT2D eigenvalue weighted by Crippen LogP contribution is 2.51. The lowest BCUT2D eigenvalue weighted by Crippen LogP contribution is -2.55. The molecule has 3 rings (SSSR count). The first-order chi connectivity index (χ1) is 17.9. The second-order valence-electron chi connectivity index (χ2n) is 8.55. The Bertz CT molecular complexity index is 1350. The fraction of sp³-hybridized carbons (Fsp3) is 0.478. The number of esters is 1. The summed E-state index contributed by atoms with van der Waals surface area (Å²) in [7, 11) is -4.54. The maximum atomic E-state index is 13.6. The Kier molecular flexibility index (Phi) is 9.26. The third-order valence-electron chi connectivity index (χ3n) is 5.22. The highest BCUT2D eigenvalue weighted by Gasteiger charge is 2.55. The first-order valence-corrected chi connectivity index (χ1v) is 13.0. The predicted molar refractivity (Wildman–Crippen MR) is 132 cm³/mol. The smallest absolute Gasteiger partial charge is 0.461 e. The molecule has 0 amide bonds. The van der Waals surface area contributed by atoms with Crippen LogP contribution in [0, 0.1) is 11.8 Å². The van der Waals surface area contributed by atoms with Crippen molar-refractivity contribution >= 4 is 13.8 Å². The summed E-state index contributed by atoms with van der Waals surface area (Å²) in [6.07, 6.45) is -5.20. The van der Waals surface area contributed by atoms with Gasteiger partial charge in [0.05, 0.1) is 12.7 Å². The summed E-state index contributed by atoms with van der Waals surface area (Å²) in [5.41, 5.74) is 2.68. The molecule has 1 aliphatic rings. The number of ether oxygens (including phenoxy) is 2. The fourth-order valence-corrected chi connectivity index (χ4v) is 4.86. The van der Waals surface area contributed by atoms with Crippen LogP contribution < -0.4 is 21.6 Å². The summed E-state index contributed by atoms with van der Waals surface area (Å²) < 4.78 is 41.6. The monoisotopic (exact) mass is 552 g/mol. The lowest BCUT2D eigenvalue weighted by molar-refractivity contribution is -0.156. The molecule has 1 aromatic carbocycles. The van der Waals surface area contributed by atoms with Crippen LogP contribution in [0.1, 0.15) is 33.9 Å². The molecule has 1 aliphatic heterocycles. The lowest BCUT2D eigenvalue weighted by Gasteiger charge is -2.27. The Morgan fingerprint density at radius 3 is 2.61 bits per heavy atom. The van der Waals surface area contributed by atoms with E-state index >= 15 is 0 Å². The molecule has 0 aliphatic carbocycles. The average Bonchev–Trinajstić information content (AvgIpc) is 3.08. The Hall–Kier alpha value is -3.31. The van der Waals surface area contributed by atoms with Gasteiger partial charge in [-0.15, -0.1) is 5.92 Å². The van der Waals surface area contributed by atoms with E-state index in [9.17, 15) is 24.1 Å². The molecule has 0 radical (unpaired) electrons. The Balaban J connectivity index is 1.86. The minimum Gasteiger partial charge on any atom is -0.461 e. The van der Waals surface area contributed by atoms with Crippen molar-refractivity contribution in [3.8, 4) is 17.6 Å². The van der Waals surface area contributed by atoms with Gasteiger partial charge >= 0.3 is 25.2 Å². The van der Waals surface area contributed by atoms with Crippen molar-refractivity contribution in [3.05, 3.63) is 57.6 Å². The molecule has 0 bridgehead atoms. The molecular formula is C23H29N4O10P. The number of phosphoric acid groups is 1. The zero-order valence-corrected chi connectivity index (χ0v) is 22.0. The number of H-pyrrole nitrogens is 1. The zero-order valence-electron chi connectivity index (χ0n) is 21.1. The Labute approximate surface area is 217 Å². The number of aromatic nitrogens is 3. The SMILES string of the molecule is CC#CC1(N)[C@@H](O)[C@@H](CO[P@](=O)(Oc2ccccc2)O[C@@H](C)C(=O)OC(C)C)O[C@H]1n1cnc(=O)[nH]c1=O. The van der Waals surface area contributed by atoms with Crippen molar-refractivity contribution in [3.63, 3.8) is 0 Å². The van der Waals surface area contributed by atoms with Crippen LogP contribution in [-0.4, -0.2) is 62.2 Å². The van der Waals surface area contributed by atoms with Gasteiger partial charge in [-0.1, -0.05) is 24.1 Å². The number of nitrogens with two attached hydrogens (primary N) is 1. The number of aromatic amines is 1. The average molecular weight is 552 g/mol. The molecule has 14 nitrogen and oxygen atoms in total. The zero-order chi connectivity index (χ0) is 28.1. The lowest BCUT2D eigenvalue weighted by atomic mass is 9.91. The summed E-state index contributed by atoms with van der Waals surface area (Å²) >= 11 is 0. The normalized spacial score (nSPS) is 25.2. The maximum Gasteiger partial charge on any atom is 0.530 e. The van der Waals surface area contributed by atoms with Crippen molar-refractivity contribution in [2.75, 3.05) is 6.61 Å². The number of para-hydroxylation sites is 1. The molecule has 2 aromatic rings. The van der Waals surface area contributed by atoms with Gasteiger partial charge in [-0.05, 0) is 39.8 Å². The van der Waals surface area contributed by atoms with E-state index in [0.717, 1.165) is 10.9 Å². The number of hydrogen-bond acceptors (Lipinski definition) is 12. The topological polar surface area (TPSA) is 194 Å².